The Bertz CT molecular complexity index is 1290. The summed E-state index contributed by atoms with van der Waals surface area (Å²) >= 11 is 0. The molecule has 0 amide bonds. The molecule has 5 nitrogen and oxygen atoms in total. The van der Waals surface area contributed by atoms with Gasteiger partial charge >= 0.3 is 11.9 Å². The molecule has 2 aromatic rings. The molecule has 1 unspecified atom stereocenters. The van der Waals surface area contributed by atoms with Crippen molar-refractivity contribution in [1.82, 2.24) is 0 Å². The summed E-state index contributed by atoms with van der Waals surface area (Å²) < 4.78 is 11.9. The predicted octanol–water partition coefficient (Wildman–Crippen LogP) is 17.7. The maximum absolute atomic E-state index is 14.0. The van der Waals surface area contributed by atoms with Gasteiger partial charge in [-0.15, -0.1) is 0 Å². The molecular weight excluding hydrogens is 765 g/mol. The molecule has 0 saturated carbocycles. The van der Waals surface area contributed by atoms with E-state index in [2.05, 4.69) is 13.8 Å². The van der Waals surface area contributed by atoms with E-state index in [-0.39, 0.29) is 0 Å². The molecule has 356 valence electrons. The first-order chi connectivity index (χ1) is 30.1. The number of hydrogen-bond donors (Lipinski definition) is 1. The number of hydrogen-bond acceptors (Lipinski definition) is 5. The molecule has 5 heteroatoms. The predicted molar refractivity (Wildman–Crippen MR) is 266 cm³/mol. The van der Waals surface area contributed by atoms with E-state index in [9.17, 15) is 9.59 Å². The maximum Gasteiger partial charge on any atom is 0.324 e. The summed E-state index contributed by atoms with van der Waals surface area (Å²) in [6.07, 6.45) is 42.4. The summed E-state index contributed by atoms with van der Waals surface area (Å²) in [6.45, 7) is 12.5. The van der Waals surface area contributed by atoms with Crippen molar-refractivity contribution in [3.8, 4) is 5.75 Å². The Morgan fingerprint density at radius 1 is 0.468 bits per heavy atom. The van der Waals surface area contributed by atoms with Crippen LogP contribution in [0.2, 0.25) is 0 Å². The van der Waals surface area contributed by atoms with E-state index in [0.717, 1.165) is 43.2 Å². The first kappa shape index (κ1) is 57.2. The van der Waals surface area contributed by atoms with Crippen molar-refractivity contribution in [3.63, 3.8) is 0 Å². The topological polar surface area (TPSA) is 72.8 Å². The lowest BCUT2D eigenvalue weighted by molar-refractivity contribution is -0.180. The Labute approximate surface area is 383 Å². The second-order valence-electron chi connectivity index (χ2n) is 19.5. The zero-order valence-electron chi connectivity index (χ0n) is 41.5. The van der Waals surface area contributed by atoms with E-state index in [1.807, 2.05) is 76.2 Å². The van der Waals surface area contributed by atoms with Crippen LogP contribution in [-0.2, 0) is 25.5 Å². The number of para-hydroxylation sites is 1. The van der Waals surface area contributed by atoms with Gasteiger partial charge in [0.25, 0.3) is 0 Å². The van der Waals surface area contributed by atoms with Crippen molar-refractivity contribution in [2.45, 2.75) is 265 Å². The van der Waals surface area contributed by atoms with E-state index in [0.29, 0.717) is 25.2 Å². The number of unbranched alkanes of at least 4 members (excludes halogenated alkanes) is 30. The third-order valence-electron chi connectivity index (χ3n) is 12.3. The second kappa shape index (κ2) is 38.6. The van der Waals surface area contributed by atoms with Crippen molar-refractivity contribution >= 4 is 11.9 Å². The zero-order valence-corrected chi connectivity index (χ0v) is 41.5. The molecule has 0 radical (unpaired) electrons. The fourth-order valence-corrected chi connectivity index (χ4v) is 8.33. The van der Waals surface area contributed by atoms with E-state index in [4.69, 9.17) is 14.6 Å². The molecule has 1 N–H and O–H groups in total. The van der Waals surface area contributed by atoms with Gasteiger partial charge in [0.05, 0.1) is 6.61 Å². The fourth-order valence-electron chi connectivity index (χ4n) is 8.33. The lowest BCUT2D eigenvalue weighted by Gasteiger charge is -2.33. The van der Waals surface area contributed by atoms with Gasteiger partial charge in [0, 0.05) is 0 Å². The quantitative estimate of drug-likeness (QED) is 0.0414. The van der Waals surface area contributed by atoms with Crippen molar-refractivity contribution < 1.29 is 24.2 Å². The van der Waals surface area contributed by atoms with Crippen LogP contribution in [0.5, 0.6) is 5.75 Å². The van der Waals surface area contributed by atoms with Gasteiger partial charge in [-0.3, -0.25) is 9.59 Å². The number of carbonyl (C=O) groups is 2. The lowest BCUT2D eigenvalue weighted by Crippen LogP contribution is -2.46. The summed E-state index contributed by atoms with van der Waals surface area (Å²) in [4.78, 5) is 28.0. The first-order valence-electron chi connectivity index (χ1n) is 26.2. The highest BCUT2D eigenvalue weighted by Crippen LogP contribution is 2.35. The van der Waals surface area contributed by atoms with Crippen LogP contribution in [0.25, 0.3) is 0 Å². The minimum Gasteiger partial charge on any atom is -0.508 e. The molecule has 0 saturated heterocycles. The van der Waals surface area contributed by atoms with Crippen LogP contribution in [0.1, 0.15) is 258 Å². The van der Waals surface area contributed by atoms with Crippen LogP contribution in [0.3, 0.4) is 0 Å². The van der Waals surface area contributed by atoms with Crippen molar-refractivity contribution in [3.05, 3.63) is 65.7 Å². The molecule has 0 aliphatic heterocycles. The van der Waals surface area contributed by atoms with Crippen molar-refractivity contribution in [2.24, 2.45) is 5.41 Å². The lowest BCUT2D eigenvalue weighted by atomic mass is 9.76. The Balaban J connectivity index is 0.00000214. The third-order valence-corrected chi connectivity index (χ3v) is 12.3. The minimum absolute atomic E-state index is 0.319. The largest absolute Gasteiger partial charge is 0.508 e. The molecule has 0 bridgehead atoms. The van der Waals surface area contributed by atoms with Crippen molar-refractivity contribution in [1.29, 1.82) is 0 Å². The van der Waals surface area contributed by atoms with Crippen LogP contribution in [0, 0.1) is 12.3 Å². The van der Waals surface area contributed by atoms with Gasteiger partial charge in [-0.1, -0.05) is 261 Å². The van der Waals surface area contributed by atoms with Gasteiger partial charge in [-0.05, 0) is 64.2 Å². The minimum atomic E-state index is -1.32. The fraction of sp³-hybridized carbons (Fsp3) is 0.754. The van der Waals surface area contributed by atoms with Crippen LogP contribution >= 0.6 is 0 Å². The monoisotopic (exact) mass is 863 g/mol. The molecule has 0 heterocycles. The number of carbonyl (C=O) groups excluding carboxylic acids is 2. The van der Waals surface area contributed by atoms with E-state index in [1.165, 1.54) is 173 Å². The first-order valence-corrected chi connectivity index (χ1v) is 26.2. The molecule has 62 heavy (non-hydrogen) atoms. The number of aromatic hydroxyl groups is 1. The molecule has 2 aromatic carbocycles. The number of phenolic OH excluding ortho intramolecular Hbond substituents is 1. The van der Waals surface area contributed by atoms with Gasteiger partial charge in [0.1, 0.15) is 11.4 Å². The summed E-state index contributed by atoms with van der Waals surface area (Å²) in [7, 11) is 0. The smallest absolute Gasteiger partial charge is 0.324 e. The molecule has 0 spiro atoms. The molecule has 0 aliphatic rings. The van der Waals surface area contributed by atoms with Crippen LogP contribution in [0.4, 0.5) is 0 Å². The summed E-state index contributed by atoms with van der Waals surface area (Å²) in [6, 6.07) is 17.2. The highest BCUT2D eigenvalue weighted by Gasteiger charge is 2.49. The van der Waals surface area contributed by atoms with E-state index < -0.39 is 23.0 Å². The Morgan fingerprint density at radius 2 is 0.823 bits per heavy atom. The van der Waals surface area contributed by atoms with E-state index in [1.54, 1.807) is 6.07 Å². The van der Waals surface area contributed by atoms with Gasteiger partial charge in [-0.25, -0.2) is 0 Å². The van der Waals surface area contributed by atoms with Gasteiger partial charge in [0.15, 0.2) is 5.41 Å². The average molecular weight is 863 g/mol. The number of aryl methyl sites for hydroxylation is 1. The second-order valence-corrected chi connectivity index (χ2v) is 19.5. The maximum atomic E-state index is 14.0. The molecule has 1 atom stereocenters. The Morgan fingerprint density at radius 3 is 1.18 bits per heavy atom. The highest BCUT2D eigenvalue weighted by atomic mass is 16.6. The van der Waals surface area contributed by atoms with E-state index >= 15 is 0 Å². The number of esters is 2. The number of benzene rings is 2. The number of ether oxygens (including phenoxy) is 2. The molecule has 0 aromatic heterocycles. The zero-order chi connectivity index (χ0) is 45.4. The Kier molecular flexibility index (Phi) is 35.6. The van der Waals surface area contributed by atoms with Crippen molar-refractivity contribution in [2.75, 3.05) is 6.61 Å². The van der Waals surface area contributed by atoms with Gasteiger partial charge < -0.3 is 14.6 Å². The van der Waals surface area contributed by atoms with Gasteiger partial charge in [0.2, 0.25) is 0 Å². The normalized spacial score (nSPS) is 12.4. The Hall–Kier alpha value is -2.82. The summed E-state index contributed by atoms with van der Waals surface area (Å²) in [5.74, 6) is -0.466. The average Bonchev–Trinajstić information content (AvgIpc) is 3.25. The SMILES string of the molecule is CCCCCCCCCCCCCCCCCCOC(=O)C(CCCCCCCCCCCCCCCCCC)(Cc1ccccc1)C(=O)OC(C)(C)C.Cc1ccccc1O. The number of rotatable bonds is 38. The van der Waals surface area contributed by atoms with Crippen LogP contribution in [-0.4, -0.2) is 29.3 Å². The third kappa shape index (κ3) is 31.1. The molecule has 0 fully saturated rings. The molecule has 0 aliphatic carbocycles. The molecule has 2 rings (SSSR count). The van der Waals surface area contributed by atoms with Crippen LogP contribution in [0.15, 0.2) is 54.6 Å². The van der Waals surface area contributed by atoms with Gasteiger partial charge in [-0.2, -0.15) is 0 Å². The number of phenols is 1. The summed E-state index contributed by atoms with van der Waals surface area (Å²) in [5.41, 5.74) is -0.103. The summed E-state index contributed by atoms with van der Waals surface area (Å²) in [5, 5.41) is 8.92. The van der Waals surface area contributed by atoms with Crippen LogP contribution < -0.4 is 0 Å². The highest BCUT2D eigenvalue weighted by molar-refractivity contribution is 6.00. The standard InChI is InChI=1S/C50H90O4.C7H8O/c1-6-8-10-12-14-16-18-20-22-24-26-28-30-32-34-39-43-50(48(52)54-49(3,4)5,45-46-41-37-36-38-42-46)47(51)53-44-40-35-33-31-29-27-25-23-21-19-17-15-13-11-9-7-2;1-6-4-2-3-5-7(6)8/h36-38,41-42H,6-35,39-40,43-45H2,1-5H3;2-5,8H,1H3. The molecular formula is C57H98O5.